The minimum atomic E-state index is 0.104. The summed E-state index contributed by atoms with van der Waals surface area (Å²) in [5, 5.41) is 4.07. The number of nitrogens with zero attached hydrogens (tertiary/aromatic N) is 6. The summed E-state index contributed by atoms with van der Waals surface area (Å²) in [6.07, 6.45) is 7.31. The normalized spacial score (nSPS) is 17.8. The average Bonchev–Trinajstić information content (AvgIpc) is 3.39. The number of methoxy groups -OCH3 is 1. The molecule has 0 amide bonds. The molecule has 2 aliphatic heterocycles. The van der Waals surface area contributed by atoms with E-state index in [1.54, 1.807) is 13.3 Å². The molecule has 0 saturated carbocycles. The van der Waals surface area contributed by atoms with E-state index in [9.17, 15) is 0 Å². The number of anilines is 2. The summed E-state index contributed by atoms with van der Waals surface area (Å²) in [4.78, 5) is 23.8. The molecule has 3 aromatic rings. The molecule has 11 heteroatoms. The molecule has 5 rings (SSSR count). The summed E-state index contributed by atoms with van der Waals surface area (Å²) in [7, 11) is 1.76. The fourth-order valence-corrected chi connectivity index (χ4v) is 5.07. The molecule has 3 aromatic heterocycles. The molecular formula is C25H33N7O3S. The van der Waals surface area contributed by atoms with Crippen LogP contribution < -0.4 is 10.1 Å². The molecule has 0 aromatic carbocycles. The average molecular weight is 512 g/mol. The molecule has 36 heavy (non-hydrogen) atoms. The predicted octanol–water partition coefficient (Wildman–Crippen LogP) is 3.06. The first-order valence-electron chi connectivity index (χ1n) is 12.4. The highest BCUT2D eigenvalue weighted by molar-refractivity contribution is 7.18. The van der Waals surface area contributed by atoms with Gasteiger partial charge in [0.1, 0.15) is 11.9 Å². The van der Waals surface area contributed by atoms with Gasteiger partial charge in [0.2, 0.25) is 0 Å². The number of hydrogen-bond acceptors (Lipinski definition) is 11. The third-order valence-corrected chi connectivity index (χ3v) is 7.31. The van der Waals surface area contributed by atoms with Crippen molar-refractivity contribution in [1.29, 1.82) is 0 Å². The molecule has 0 aliphatic carbocycles. The van der Waals surface area contributed by atoms with Gasteiger partial charge < -0.3 is 19.5 Å². The molecule has 0 radical (unpaired) electrons. The fourth-order valence-electron chi connectivity index (χ4n) is 4.28. The highest BCUT2D eigenvalue weighted by Gasteiger charge is 2.18. The van der Waals surface area contributed by atoms with E-state index in [0.29, 0.717) is 6.01 Å². The molecule has 0 unspecified atom stereocenters. The van der Waals surface area contributed by atoms with Crippen molar-refractivity contribution in [3.63, 3.8) is 0 Å². The van der Waals surface area contributed by atoms with Crippen molar-refractivity contribution in [2.45, 2.75) is 25.5 Å². The molecule has 2 saturated heterocycles. The molecule has 10 nitrogen and oxygen atoms in total. The summed E-state index contributed by atoms with van der Waals surface area (Å²) in [6, 6.07) is 6.41. The maximum Gasteiger partial charge on any atom is 0.317 e. The summed E-state index contributed by atoms with van der Waals surface area (Å²) in [5.74, 6) is 0.773. The lowest BCUT2D eigenvalue weighted by molar-refractivity contribution is 0.0217. The summed E-state index contributed by atoms with van der Waals surface area (Å²) >= 11 is 1.52. The number of nitrogens with one attached hydrogen (secondary N) is 1. The Bertz CT molecular complexity index is 1080. The van der Waals surface area contributed by atoms with Crippen molar-refractivity contribution >= 4 is 22.3 Å². The van der Waals surface area contributed by atoms with Crippen LogP contribution in [0.2, 0.25) is 0 Å². The molecule has 2 aliphatic rings. The van der Waals surface area contributed by atoms with Crippen LogP contribution >= 0.6 is 11.3 Å². The maximum atomic E-state index is 5.95. The van der Waals surface area contributed by atoms with E-state index < -0.39 is 0 Å². The minimum absolute atomic E-state index is 0.104. The quantitative estimate of drug-likeness (QED) is 0.437. The second-order valence-corrected chi connectivity index (χ2v) is 10.0. The van der Waals surface area contributed by atoms with Crippen molar-refractivity contribution in [2.24, 2.45) is 0 Å². The SMILES string of the molecule is COCCN1CCN(Cc2ccc(Nc3ncc(-c4ccnc(OC5CCOCC5)n4)s3)nc2)CC1. The number of thiazole rings is 1. The Kier molecular flexibility index (Phi) is 8.68. The summed E-state index contributed by atoms with van der Waals surface area (Å²) < 4.78 is 16.5. The lowest BCUT2D eigenvalue weighted by atomic mass is 10.2. The smallest absolute Gasteiger partial charge is 0.317 e. The first-order valence-corrected chi connectivity index (χ1v) is 13.3. The molecule has 0 spiro atoms. The Hall–Kier alpha value is -2.70. The topological polar surface area (TPSA) is 97.8 Å². The van der Waals surface area contributed by atoms with Crippen LogP contribution in [0.1, 0.15) is 18.4 Å². The zero-order valence-corrected chi connectivity index (χ0v) is 21.5. The molecule has 1 N–H and O–H groups in total. The number of aromatic nitrogens is 4. The molecule has 2 fully saturated rings. The molecule has 0 atom stereocenters. The standard InChI is InChI=1S/C25H33N7O3S/c1-33-15-12-31-8-10-32(11-9-31)18-19-2-3-23(27-16-19)30-25-28-17-22(36-25)21-4-7-26-24(29-21)35-20-5-13-34-14-6-20/h2-4,7,16-17,20H,5-6,8-15,18H2,1H3,(H,27,28,30). The van der Waals surface area contributed by atoms with Gasteiger partial charge in [0.15, 0.2) is 5.13 Å². The van der Waals surface area contributed by atoms with Gasteiger partial charge >= 0.3 is 6.01 Å². The van der Waals surface area contributed by atoms with Gasteiger partial charge in [-0.05, 0) is 17.7 Å². The first-order chi connectivity index (χ1) is 17.7. The maximum absolute atomic E-state index is 5.95. The van der Waals surface area contributed by atoms with Gasteiger partial charge in [0.25, 0.3) is 0 Å². The van der Waals surface area contributed by atoms with E-state index in [4.69, 9.17) is 14.2 Å². The number of piperazine rings is 1. The monoisotopic (exact) mass is 511 g/mol. The summed E-state index contributed by atoms with van der Waals surface area (Å²) in [5.41, 5.74) is 2.01. The Morgan fingerprint density at radius 2 is 1.86 bits per heavy atom. The Morgan fingerprint density at radius 1 is 1.03 bits per heavy atom. The highest BCUT2D eigenvalue weighted by Crippen LogP contribution is 2.30. The second-order valence-electron chi connectivity index (χ2n) is 8.97. The van der Waals surface area contributed by atoms with Gasteiger partial charge in [0, 0.05) is 77.8 Å². The fraction of sp³-hybridized carbons (Fsp3) is 0.520. The number of pyridine rings is 1. The molecule has 0 bridgehead atoms. The van der Waals surface area contributed by atoms with Crippen LogP contribution in [0.5, 0.6) is 6.01 Å². The Balaban J connectivity index is 1.13. The third kappa shape index (κ3) is 6.95. The van der Waals surface area contributed by atoms with E-state index in [2.05, 4.69) is 41.1 Å². The van der Waals surface area contributed by atoms with E-state index in [1.807, 2.05) is 24.5 Å². The summed E-state index contributed by atoms with van der Waals surface area (Å²) in [6.45, 7) is 8.45. The van der Waals surface area contributed by atoms with Crippen molar-refractivity contribution < 1.29 is 14.2 Å². The van der Waals surface area contributed by atoms with Crippen molar-refractivity contribution in [2.75, 3.05) is 65.0 Å². The van der Waals surface area contributed by atoms with E-state index in [0.717, 1.165) is 93.5 Å². The van der Waals surface area contributed by atoms with Gasteiger partial charge in [0.05, 0.1) is 30.4 Å². The zero-order valence-electron chi connectivity index (χ0n) is 20.6. The van der Waals surface area contributed by atoms with Crippen LogP contribution in [0, 0.1) is 0 Å². The highest BCUT2D eigenvalue weighted by atomic mass is 32.1. The lowest BCUT2D eigenvalue weighted by Crippen LogP contribution is -2.46. The van der Waals surface area contributed by atoms with E-state index in [-0.39, 0.29) is 6.10 Å². The van der Waals surface area contributed by atoms with Gasteiger partial charge in [-0.2, -0.15) is 4.98 Å². The van der Waals surface area contributed by atoms with Crippen LogP contribution in [-0.2, 0) is 16.0 Å². The van der Waals surface area contributed by atoms with Crippen LogP contribution in [0.4, 0.5) is 10.9 Å². The third-order valence-electron chi connectivity index (χ3n) is 6.37. The molecule has 192 valence electrons. The Morgan fingerprint density at radius 3 is 2.64 bits per heavy atom. The van der Waals surface area contributed by atoms with Gasteiger partial charge in [-0.3, -0.25) is 9.80 Å². The van der Waals surface area contributed by atoms with Crippen molar-refractivity contribution in [3.05, 3.63) is 42.4 Å². The Labute approximate surface area is 215 Å². The van der Waals surface area contributed by atoms with Crippen LogP contribution in [0.3, 0.4) is 0 Å². The van der Waals surface area contributed by atoms with Crippen LogP contribution in [-0.4, -0.2) is 95.5 Å². The van der Waals surface area contributed by atoms with Crippen LogP contribution in [0.15, 0.2) is 36.8 Å². The van der Waals surface area contributed by atoms with Gasteiger partial charge in [-0.1, -0.05) is 17.4 Å². The number of hydrogen-bond donors (Lipinski definition) is 1. The largest absolute Gasteiger partial charge is 0.460 e. The number of rotatable bonds is 10. The molecule has 5 heterocycles. The number of ether oxygens (including phenoxy) is 3. The zero-order chi connectivity index (χ0) is 24.6. The first kappa shape index (κ1) is 25.0. The lowest BCUT2D eigenvalue weighted by Gasteiger charge is -2.34. The van der Waals surface area contributed by atoms with Crippen molar-refractivity contribution in [3.8, 4) is 16.6 Å². The van der Waals surface area contributed by atoms with E-state index in [1.165, 1.54) is 16.9 Å². The second kappa shape index (κ2) is 12.5. The minimum Gasteiger partial charge on any atom is -0.460 e. The van der Waals surface area contributed by atoms with Gasteiger partial charge in [-0.25, -0.2) is 15.0 Å². The van der Waals surface area contributed by atoms with E-state index >= 15 is 0 Å². The van der Waals surface area contributed by atoms with Crippen molar-refractivity contribution in [1.82, 2.24) is 29.7 Å². The van der Waals surface area contributed by atoms with Gasteiger partial charge in [-0.15, -0.1) is 0 Å². The van der Waals surface area contributed by atoms with Crippen LogP contribution in [0.25, 0.3) is 10.6 Å². The molecular weight excluding hydrogens is 478 g/mol. The predicted molar refractivity (Wildman–Crippen MR) is 139 cm³/mol.